The van der Waals surface area contributed by atoms with Crippen LogP contribution in [0.2, 0.25) is 0 Å². The standard InChI is InChI=1S/C24H23FN4O/c1-17-5-7-18(8-6-17)24(2,3)19-9-11-20(12-10-19)30-16-22-26-15-21(25)23(28-22)29-14-4-13-27-29/h4-15H,16H2,1-3H3. The smallest absolute Gasteiger partial charge is 0.193 e. The summed E-state index contributed by atoms with van der Waals surface area (Å²) >= 11 is 0. The van der Waals surface area contributed by atoms with Gasteiger partial charge in [0.05, 0.1) is 6.20 Å². The minimum atomic E-state index is -0.537. The zero-order chi connectivity index (χ0) is 21.1. The van der Waals surface area contributed by atoms with Gasteiger partial charge < -0.3 is 4.74 Å². The first-order valence-corrected chi connectivity index (χ1v) is 9.75. The van der Waals surface area contributed by atoms with E-state index in [-0.39, 0.29) is 17.8 Å². The van der Waals surface area contributed by atoms with Crippen molar-refractivity contribution >= 4 is 0 Å². The van der Waals surface area contributed by atoms with Gasteiger partial charge in [-0.2, -0.15) is 5.10 Å². The van der Waals surface area contributed by atoms with E-state index < -0.39 is 5.82 Å². The summed E-state index contributed by atoms with van der Waals surface area (Å²) in [5, 5.41) is 4.01. The van der Waals surface area contributed by atoms with Gasteiger partial charge in [0.2, 0.25) is 0 Å². The predicted molar refractivity (Wildman–Crippen MR) is 113 cm³/mol. The van der Waals surface area contributed by atoms with Crippen molar-refractivity contribution < 1.29 is 9.13 Å². The third-order valence-electron chi connectivity index (χ3n) is 5.21. The SMILES string of the molecule is Cc1ccc(C(C)(C)c2ccc(OCc3ncc(F)c(-n4cccn4)n3)cc2)cc1. The Bertz CT molecular complexity index is 1120. The summed E-state index contributed by atoms with van der Waals surface area (Å²) in [7, 11) is 0. The molecule has 0 fully saturated rings. The summed E-state index contributed by atoms with van der Waals surface area (Å²) in [5.74, 6) is 0.645. The molecule has 5 nitrogen and oxygen atoms in total. The first-order chi connectivity index (χ1) is 14.4. The molecule has 0 unspecified atom stereocenters. The molecule has 2 aromatic carbocycles. The van der Waals surface area contributed by atoms with Crippen LogP contribution in [-0.2, 0) is 12.0 Å². The number of rotatable bonds is 6. The van der Waals surface area contributed by atoms with Gasteiger partial charge in [-0.1, -0.05) is 55.8 Å². The predicted octanol–water partition coefficient (Wildman–Crippen LogP) is 5.01. The number of aryl methyl sites for hydroxylation is 1. The largest absolute Gasteiger partial charge is 0.486 e. The molecule has 4 aromatic rings. The number of hydrogen-bond acceptors (Lipinski definition) is 4. The van der Waals surface area contributed by atoms with Crippen molar-refractivity contribution in [3.8, 4) is 11.6 Å². The first-order valence-electron chi connectivity index (χ1n) is 9.75. The fourth-order valence-electron chi connectivity index (χ4n) is 3.27. The van der Waals surface area contributed by atoms with E-state index in [4.69, 9.17) is 4.74 Å². The third-order valence-corrected chi connectivity index (χ3v) is 5.21. The highest BCUT2D eigenvalue weighted by Gasteiger charge is 2.22. The number of ether oxygens (including phenoxy) is 1. The quantitative estimate of drug-likeness (QED) is 0.455. The minimum absolute atomic E-state index is 0.101. The van der Waals surface area contributed by atoms with Gasteiger partial charge >= 0.3 is 0 Å². The topological polar surface area (TPSA) is 52.8 Å². The van der Waals surface area contributed by atoms with Gasteiger partial charge in [-0.25, -0.2) is 19.0 Å². The molecular weight excluding hydrogens is 379 g/mol. The highest BCUT2D eigenvalue weighted by molar-refractivity contribution is 5.40. The molecule has 6 heteroatoms. The van der Waals surface area contributed by atoms with E-state index in [0.29, 0.717) is 11.6 Å². The van der Waals surface area contributed by atoms with Crippen molar-refractivity contribution in [2.24, 2.45) is 0 Å². The van der Waals surface area contributed by atoms with Gasteiger partial charge in [-0.05, 0) is 36.2 Å². The van der Waals surface area contributed by atoms with Crippen LogP contribution in [0.1, 0.15) is 36.4 Å². The van der Waals surface area contributed by atoms with Crippen LogP contribution >= 0.6 is 0 Å². The van der Waals surface area contributed by atoms with Crippen LogP contribution in [0, 0.1) is 12.7 Å². The number of aromatic nitrogens is 4. The molecule has 0 atom stereocenters. The normalized spacial score (nSPS) is 11.5. The molecule has 0 aliphatic rings. The Kier molecular flexibility index (Phi) is 5.31. The van der Waals surface area contributed by atoms with Crippen molar-refractivity contribution in [2.45, 2.75) is 32.8 Å². The summed E-state index contributed by atoms with van der Waals surface area (Å²) in [5.41, 5.74) is 3.58. The Labute approximate surface area is 175 Å². The Morgan fingerprint density at radius 3 is 2.30 bits per heavy atom. The molecule has 0 amide bonds. The molecule has 0 N–H and O–H groups in total. The number of benzene rings is 2. The van der Waals surface area contributed by atoms with E-state index in [9.17, 15) is 4.39 Å². The van der Waals surface area contributed by atoms with Crippen LogP contribution in [0.3, 0.4) is 0 Å². The highest BCUT2D eigenvalue weighted by Crippen LogP contribution is 2.32. The average molecular weight is 402 g/mol. The van der Waals surface area contributed by atoms with Crippen molar-refractivity contribution in [1.29, 1.82) is 0 Å². The summed E-state index contributed by atoms with van der Waals surface area (Å²) in [6, 6.07) is 18.3. The Hall–Kier alpha value is -3.54. The maximum atomic E-state index is 14.0. The molecule has 0 saturated carbocycles. The molecule has 2 heterocycles. The van der Waals surface area contributed by atoms with Crippen LogP contribution in [0.15, 0.2) is 73.2 Å². The molecule has 4 rings (SSSR count). The average Bonchev–Trinajstić information content (AvgIpc) is 3.28. The lowest BCUT2D eigenvalue weighted by molar-refractivity contribution is 0.294. The van der Waals surface area contributed by atoms with Gasteiger partial charge in [-0.15, -0.1) is 0 Å². The lowest BCUT2D eigenvalue weighted by atomic mass is 9.78. The maximum Gasteiger partial charge on any atom is 0.193 e. The van der Waals surface area contributed by atoms with Gasteiger partial charge in [0.25, 0.3) is 0 Å². The van der Waals surface area contributed by atoms with Crippen LogP contribution < -0.4 is 4.74 Å². The van der Waals surface area contributed by atoms with Gasteiger partial charge in [-0.3, -0.25) is 0 Å². The molecule has 0 aliphatic heterocycles. The molecule has 0 radical (unpaired) electrons. The van der Waals surface area contributed by atoms with Crippen LogP contribution in [0.5, 0.6) is 5.75 Å². The molecule has 0 spiro atoms. The van der Waals surface area contributed by atoms with E-state index in [2.05, 4.69) is 72.2 Å². The number of hydrogen-bond donors (Lipinski definition) is 0. The van der Waals surface area contributed by atoms with Crippen LogP contribution in [-0.4, -0.2) is 19.7 Å². The van der Waals surface area contributed by atoms with Gasteiger partial charge in [0, 0.05) is 17.8 Å². The monoisotopic (exact) mass is 402 g/mol. The second kappa shape index (κ2) is 8.06. The van der Waals surface area contributed by atoms with E-state index >= 15 is 0 Å². The summed E-state index contributed by atoms with van der Waals surface area (Å²) < 4.78 is 21.2. The Balaban J connectivity index is 1.47. The Morgan fingerprint density at radius 1 is 1.00 bits per heavy atom. The van der Waals surface area contributed by atoms with Gasteiger partial charge in [0.15, 0.2) is 17.5 Å². The zero-order valence-corrected chi connectivity index (χ0v) is 17.2. The summed E-state index contributed by atoms with van der Waals surface area (Å²) in [6.45, 7) is 6.63. The van der Waals surface area contributed by atoms with E-state index in [0.717, 1.165) is 6.20 Å². The number of nitrogens with zero attached hydrogens (tertiary/aromatic N) is 4. The molecule has 0 aliphatic carbocycles. The van der Waals surface area contributed by atoms with E-state index in [1.165, 1.54) is 21.4 Å². The minimum Gasteiger partial charge on any atom is -0.486 e. The number of halogens is 1. The first kappa shape index (κ1) is 19.8. The van der Waals surface area contributed by atoms with E-state index in [1.807, 2.05) is 12.1 Å². The summed E-state index contributed by atoms with van der Waals surface area (Å²) in [4.78, 5) is 8.24. The maximum absolute atomic E-state index is 14.0. The second-order valence-corrected chi connectivity index (χ2v) is 7.71. The summed E-state index contributed by atoms with van der Waals surface area (Å²) in [6.07, 6.45) is 4.33. The lowest BCUT2D eigenvalue weighted by Crippen LogP contribution is -2.18. The van der Waals surface area contributed by atoms with Crippen molar-refractivity contribution in [2.75, 3.05) is 0 Å². The van der Waals surface area contributed by atoms with Crippen LogP contribution in [0.4, 0.5) is 4.39 Å². The van der Waals surface area contributed by atoms with Crippen molar-refractivity contribution in [1.82, 2.24) is 19.7 Å². The third kappa shape index (κ3) is 4.08. The lowest BCUT2D eigenvalue weighted by Gasteiger charge is -2.26. The second-order valence-electron chi connectivity index (χ2n) is 7.71. The molecular formula is C24H23FN4O. The molecule has 0 saturated heterocycles. The zero-order valence-electron chi connectivity index (χ0n) is 17.2. The Morgan fingerprint density at radius 2 is 1.67 bits per heavy atom. The molecule has 2 aromatic heterocycles. The van der Waals surface area contributed by atoms with Gasteiger partial charge in [0.1, 0.15) is 12.4 Å². The highest BCUT2D eigenvalue weighted by atomic mass is 19.1. The van der Waals surface area contributed by atoms with Crippen molar-refractivity contribution in [3.63, 3.8) is 0 Å². The fourth-order valence-corrected chi connectivity index (χ4v) is 3.27. The van der Waals surface area contributed by atoms with E-state index in [1.54, 1.807) is 18.5 Å². The van der Waals surface area contributed by atoms with Crippen molar-refractivity contribution in [3.05, 3.63) is 102 Å². The molecule has 152 valence electrons. The van der Waals surface area contributed by atoms with Crippen LogP contribution in [0.25, 0.3) is 5.82 Å². The molecule has 0 bridgehead atoms. The fraction of sp³-hybridized carbons (Fsp3) is 0.208. The molecule has 30 heavy (non-hydrogen) atoms.